The van der Waals surface area contributed by atoms with Gasteiger partial charge in [-0.3, -0.25) is 0 Å². The maximum absolute atomic E-state index is 4.32. The number of rotatable bonds is 1. The fourth-order valence-electron chi connectivity index (χ4n) is 0.828. The van der Waals surface area contributed by atoms with Crippen molar-refractivity contribution in [2.75, 3.05) is 0 Å². The lowest BCUT2D eigenvalue weighted by Crippen LogP contribution is -2.31. The van der Waals surface area contributed by atoms with Crippen molar-refractivity contribution in [2.24, 2.45) is 0 Å². The smallest absolute Gasteiger partial charge is 0.127 e. The molecule has 2 aromatic heterocycles. The summed E-state index contributed by atoms with van der Waals surface area (Å²) >= 11 is 1.61. The van der Waals surface area contributed by atoms with Crippen molar-refractivity contribution in [3.05, 3.63) is 16.9 Å². The van der Waals surface area contributed by atoms with E-state index < -0.39 is 0 Å². The van der Waals surface area contributed by atoms with Gasteiger partial charge in [-0.25, -0.2) is 0 Å². The van der Waals surface area contributed by atoms with Gasteiger partial charge in [0.15, 0.2) is 0 Å². The number of H-pyrrole nitrogens is 1. The number of hydrogen-bond donors (Lipinski definition) is 1. The molecular weight excluding hydrogens is 174 g/mol. The van der Waals surface area contributed by atoms with Crippen LogP contribution in [0, 0.1) is 13.8 Å². The molecule has 5 nitrogen and oxygen atoms in total. The summed E-state index contributed by atoms with van der Waals surface area (Å²) in [6.07, 6.45) is 1.59. The number of nitrogens with zero attached hydrogens (tertiary/aromatic N) is 4. The Balaban J connectivity index is 2.48. The van der Waals surface area contributed by atoms with Crippen LogP contribution in [0.2, 0.25) is 0 Å². The van der Waals surface area contributed by atoms with Crippen molar-refractivity contribution in [1.82, 2.24) is 20.5 Å². The minimum absolute atomic E-state index is 0.870. The van der Waals surface area contributed by atoms with Gasteiger partial charge < -0.3 is 0 Å². The number of thiazole rings is 1. The molecule has 0 aliphatic carbocycles. The molecule has 0 atom stereocenters. The zero-order chi connectivity index (χ0) is 8.55. The number of hydrogen-bond acceptors (Lipinski definition) is 4. The zero-order valence-corrected chi connectivity index (χ0v) is 7.59. The van der Waals surface area contributed by atoms with E-state index >= 15 is 0 Å². The minimum atomic E-state index is 0.870. The Hall–Kier alpha value is -1.30. The molecule has 2 heterocycles. The summed E-state index contributed by atoms with van der Waals surface area (Å²) in [7, 11) is 0. The molecule has 62 valence electrons. The quantitative estimate of drug-likeness (QED) is 0.639. The highest BCUT2D eigenvalue weighted by molar-refractivity contribution is 7.13. The summed E-state index contributed by atoms with van der Waals surface area (Å²) in [6, 6.07) is 0. The Morgan fingerprint density at radius 1 is 1.50 bits per heavy atom. The lowest BCUT2D eigenvalue weighted by molar-refractivity contribution is -0.660. The monoisotopic (exact) mass is 182 g/mol. The molecule has 0 unspecified atom stereocenters. The van der Waals surface area contributed by atoms with E-state index in [0.717, 1.165) is 10.8 Å². The Morgan fingerprint density at radius 3 is 2.83 bits per heavy atom. The molecule has 0 fully saturated rings. The number of aromatic amines is 1. The Morgan fingerprint density at radius 2 is 2.33 bits per heavy atom. The standard InChI is InChI=1S/C6H7N5S/c1-4-5(2)12-6(8-4)11-3-7-9-10-11/h3H,1-2H3/p+1. The van der Waals surface area contributed by atoms with Gasteiger partial charge >= 0.3 is 5.13 Å². The first kappa shape index (κ1) is 7.35. The van der Waals surface area contributed by atoms with Crippen LogP contribution in [0.1, 0.15) is 10.6 Å². The van der Waals surface area contributed by atoms with Crippen molar-refractivity contribution < 1.29 is 4.68 Å². The summed E-state index contributed by atoms with van der Waals surface area (Å²) < 4.78 is 1.69. The number of nitrogens with one attached hydrogen (secondary N) is 1. The average molecular weight is 182 g/mol. The summed E-state index contributed by atoms with van der Waals surface area (Å²) in [5.74, 6) is 0. The third kappa shape index (κ3) is 1.10. The van der Waals surface area contributed by atoms with Crippen LogP contribution in [0.15, 0.2) is 6.33 Å². The van der Waals surface area contributed by atoms with Gasteiger partial charge in [-0.1, -0.05) is 16.6 Å². The van der Waals surface area contributed by atoms with Crippen LogP contribution in [0.3, 0.4) is 0 Å². The van der Waals surface area contributed by atoms with Crippen LogP contribution in [-0.2, 0) is 0 Å². The van der Waals surface area contributed by atoms with Crippen molar-refractivity contribution >= 4 is 11.3 Å². The molecule has 0 aliphatic rings. The Bertz CT molecular complexity index is 357. The van der Waals surface area contributed by atoms with E-state index in [2.05, 4.69) is 20.5 Å². The number of aryl methyl sites for hydroxylation is 2. The molecule has 0 amide bonds. The summed E-state index contributed by atoms with van der Waals surface area (Å²) in [5.41, 5.74) is 1.05. The predicted molar refractivity (Wildman–Crippen MR) is 43.1 cm³/mol. The van der Waals surface area contributed by atoms with Gasteiger partial charge in [0.1, 0.15) is 10.9 Å². The number of aromatic nitrogens is 5. The molecule has 0 radical (unpaired) electrons. The lowest BCUT2D eigenvalue weighted by Gasteiger charge is -1.80. The van der Waals surface area contributed by atoms with E-state index in [1.807, 2.05) is 13.8 Å². The van der Waals surface area contributed by atoms with Crippen molar-refractivity contribution in [3.8, 4) is 5.13 Å². The summed E-state index contributed by atoms with van der Waals surface area (Å²) in [6.45, 7) is 4.03. The molecule has 0 aromatic carbocycles. The highest BCUT2D eigenvalue weighted by atomic mass is 32.1. The van der Waals surface area contributed by atoms with Crippen molar-refractivity contribution in [1.29, 1.82) is 0 Å². The summed E-state index contributed by atoms with van der Waals surface area (Å²) in [4.78, 5) is 5.54. The number of tetrazole rings is 1. The van der Waals surface area contributed by atoms with Gasteiger partial charge in [-0.2, -0.15) is 0 Å². The fraction of sp³-hybridized carbons (Fsp3) is 0.333. The molecule has 0 bridgehead atoms. The van der Waals surface area contributed by atoms with Gasteiger partial charge in [0.25, 0.3) is 6.33 Å². The van der Waals surface area contributed by atoms with Gasteiger partial charge in [-0.05, 0) is 13.8 Å². The highest BCUT2D eigenvalue weighted by Gasteiger charge is 2.11. The molecule has 0 spiro atoms. The first-order chi connectivity index (χ1) is 5.77. The topological polar surface area (TPSA) is 58.3 Å². The Kier molecular flexibility index (Phi) is 1.61. The predicted octanol–water partition coefficient (Wildman–Crippen LogP) is 0.155. The van der Waals surface area contributed by atoms with Crippen LogP contribution >= 0.6 is 11.3 Å². The molecule has 2 rings (SSSR count). The fourth-order valence-corrected chi connectivity index (χ4v) is 1.66. The van der Waals surface area contributed by atoms with Crippen LogP contribution < -0.4 is 4.68 Å². The van der Waals surface area contributed by atoms with Gasteiger partial charge in [0.05, 0.1) is 0 Å². The second-order valence-corrected chi connectivity index (χ2v) is 3.62. The molecule has 1 N–H and O–H groups in total. The van der Waals surface area contributed by atoms with E-state index in [9.17, 15) is 0 Å². The molecule has 0 saturated carbocycles. The molecular formula is C6H8N5S+. The van der Waals surface area contributed by atoms with Crippen LogP contribution in [0.25, 0.3) is 5.13 Å². The third-order valence-corrected chi connectivity index (χ3v) is 2.67. The molecule has 6 heteroatoms. The first-order valence-corrected chi connectivity index (χ1v) is 4.31. The van der Waals surface area contributed by atoms with E-state index in [4.69, 9.17) is 0 Å². The third-order valence-electron chi connectivity index (χ3n) is 1.60. The second-order valence-electron chi connectivity index (χ2n) is 2.44. The van der Waals surface area contributed by atoms with Gasteiger partial charge in [-0.15, -0.1) is 9.67 Å². The maximum atomic E-state index is 4.32. The van der Waals surface area contributed by atoms with Crippen molar-refractivity contribution in [3.63, 3.8) is 0 Å². The normalized spacial score (nSPS) is 10.5. The van der Waals surface area contributed by atoms with Gasteiger partial charge in [0, 0.05) is 9.98 Å². The van der Waals surface area contributed by atoms with Crippen LogP contribution in [-0.4, -0.2) is 20.5 Å². The average Bonchev–Trinajstić information content (AvgIpc) is 2.61. The molecule has 2 aromatic rings. The minimum Gasteiger partial charge on any atom is -0.127 e. The Labute approximate surface area is 73.1 Å². The summed E-state index contributed by atoms with van der Waals surface area (Å²) in [5, 5.41) is 10.8. The van der Waals surface area contributed by atoms with E-state index in [1.54, 1.807) is 22.3 Å². The molecule has 0 aliphatic heterocycles. The van der Waals surface area contributed by atoms with E-state index in [1.165, 1.54) is 4.88 Å². The lowest BCUT2D eigenvalue weighted by atomic mass is 10.4. The van der Waals surface area contributed by atoms with Crippen LogP contribution in [0.5, 0.6) is 0 Å². The largest absolute Gasteiger partial charge is 0.312 e. The van der Waals surface area contributed by atoms with Gasteiger partial charge in [0.2, 0.25) is 0 Å². The second kappa shape index (κ2) is 2.63. The SMILES string of the molecule is Cc1nc(-[n+]2cnn[nH]2)sc1C. The van der Waals surface area contributed by atoms with E-state index in [0.29, 0.717) is 0 Å². The highest BCUT2D eigenvalue weighted by Crippen LogP contribution is 2.14. The van der Waals surface area contributed by atoms with Crippen molar-refractivity contribution in [2.45, 2.75) is 13.8 Å². The first-order valence-electron chi connectivity index (χ1n) is 3.49. The van der Waals surface area contributed by atoms with E-state index in [-0.39, 0.29) is 0 Å². The molecule has 12 heavy (non-hydrogen) atoms. The molecule has 0 saturated heterocycles. The zero-order valence-electron chi connectivity index (χ0n) is 6.77. The van der Waals surface area contributed by atoms with Crippen LogP contribution in [0.4, 0.5) is 0 Å². The maximum Gasteiger partial charge on any atom is 0.312 e.